The molecule has 5 rings (SSSR count). The molecule has 3 heterocycles. The molecule has 2 aromatic heterocycles. The molecular formula is C31H29ClN2O7S. The highest BCUT2D eigenvalue weighted by atomic mass is 35.5. The van der Waals surface area contributed by atoms with Crippen LogP contribution in [0, 0.1) is 0 Å². The maximum Gasteiger partial charge on any atom is 0.338 e. The van der Waals surface area contributed by atoms with Crippen molar-refractivity contribution in [3.8, 4) is 22.8 Å². The molecule has 0 aliphatic carbocycles. The summed E-state index contributed by atoms with van der Waals surface area (Å²) in [6, 6.07) is 15.4. The van der Waals surface area contributed by atoms with Gasteiger partial charge in [0.05, 0.1) is 36.1 Å². The van der Waals surface area contributed by atoms with Crippen molar-refractivity contribution in [1.82, 2.24) is 4.57 Å². The van der Waals surface area contributed by atoms with Gasteiger partial charge in [0.15, 0.2) is 16.3 Å². The predicted octanol–water partition coefficient (Wildman–Crippen LogP) is 4.75. The Balaban J connectivity index is 1.66. The summed E-state index contributed by atoms with van der Waals surface area (Å²) < 4.78 is 30.0. The number of thiazole rings is 1. The molecule has 1 atom stereocenters. The van der Waals surface area contributed by atoms with Gasteiger partial charge < -0.3 is 23.4 Å². The molecule has 0 radical (unpaired) electrons. The van der Waals surface area contributed by atoms with Crippen molar-refractivity contribution in [2.75, 3.05) is 34.0 Å². The molecule has 0 N–H and O–H groups in total. The number of nitrogens with zero attached hydrogens (tertiary/aromatic N) is 2. The lowest BCUT2D eigenvalue weighted by Gasteiger charge is -2.27. The molecule has 1 aliphatic rings. The SMILES string of the molecule is CCOc1c(OC)cccc1[C@H]1C(C(=O)OCCOC)=C(C)N=c2s/c(=C/c3ccc(-c4ccc(Cl)cc4)o3)c(=O)n21. The molecule has 42 heavy (non-hydrogen) atoms. The summed E-state index contributed by atoms with van der Waals surface area (Å²) in [5, 5.41) is 0.627. The summed E-state index contributed by atoms with van der Waals surface area (Å²) in [7, 11) is 3.06. The third-order valence-corrected chi connectivity index (χ3v) is 7.84. The number of carbonyl (C=O) groups excluding carboxylic acids is 1. The lowest BCUT2D eigenvalue weighted by Crippen LogP contribution is -2.40. The Morgan fingerprint density at radius 3 is 2.62 bits per heavy atom. The highest BCUT2D eigenvalue weighted by Crippen LogP contribution is 2.40. The van der Waals surface area contributed by atoms with Gasteiger partial charge in [-0.1, -0.05) is 35.1 Å². The normalized spacial score (nSPS) is 14.9. The van der Waals surface area contributed by atoms with Gasteiger partial charge in [-0.05, 0) is 56.3 Å². The number of furan rings is 1. The second-order valence-electron chi connectivity index (χ2n) is 9.23. The molecule has 0 bridgehead atoms. The van der Waals surface area contributed by atoms with Crippen LogP contribution in [0.5, 0.6) is 11.5 Å². The van der Waals surface area contributed by atoms with Crippen LogP contribution in [0.15, 0.2) is 80.1 Å². The molecule has 2 aromatic carbocycles. The van der Waals surface area contributed by atoms with Gasteiger partial charge in [-0.25, -0.2) is 9.79 Å². The molecular weight excluding hydrogens is 580 g/mol. The quantitative estimate of drug-likeness (QED) is 0.189. The number of carbonyl (C=O) groups is 1. The van der Waals surface area contributed by atoms with Gasteiger partial charge >= 0.3 is 5.97 Å². The van der Waals surface area contributed by atoms with Gasteiger partial charge in [0, 0.05) is 29.3 Å². The first-order chi connectivity index (χ1) is 20.4. The van der Waals surface area contributed by atoms with E-state index in [9.17, 15) is 9.59 Å². The molecule has 0 amide bonds. The second kappa shape index (κ2) is 12.8. The molecule has 1 aliphatic heterocycles. The van der Waals surface area contributed by atoms with Crippen LogP contribution in [0.3, 0.4) is 0 Å². The maximum atomic E-state index is 14.0. The van der Waals surface area contributed by atoms with Crippen LogP contribution in [0.4, 0.5) is 0 Å². The number of ether oxygens (including phenoxy) is 4. The fraction of sp³-hybridized carbons (Fsp3) is 0.258. The smallest absolute Gasteiger partial charge is 0.338 e. The van der Waals surface area contributed by atoms with Gasteiger partial charge in [0.2, 0.25) is 0 Å². The topological polar surface area (TPSA) is 101 Å². The van der Waals surface area contributed by atoms with Crippen LogP contribution < -0.4 is 24.4 Å². The first-order valence-corrected chi connectivity index (χ1v) is 14.4. The zero-order chi connectivity index (χ0) is 29.8. The summed E-state index contributed by atoms with van der Waals surface area (Å²) in [6.45, 7) is 4.20. The van der Waals surface area contributed by atoms with Crippen molar-refractivity contribution in [3.05, 3.63) is 102 Å². The van der Waals surface area contributed by atoms with Crippen LogP contribution >= 0.6 is 22.9 Å². The Morgan fingerprint density at radius 2 is 1.90 bits per heavy atom. The van der Waals surface area contributed by atoms with E-state index in [4.69, 9.17) is 35.0 Å². The summed E-state index contributed by atoms with van der Waals surface area (Å²) in [5.74, 6) is 1.43. The van der Waals surface area contributed by atoms with E-state index in [0.29, 0.717) is 55.2 Å². The summed E-state index contributed by atoms with van der Waals surface area (Å²) >= 11 is 7.22. The van der Waals surface area contributed by atoms with Gasteiger partial charge in [-0.3, -0.25) is 9.36 Å². The molecule has 0 spiro atoms. The number of benzene rings is 2. The number of allylic oxidation sites excluding steroid dienone is 1. The van der Waals surface area contributed by atoms with E-state index >= 15 is 0 Å². The standard InChI is InChI=1S/C31H29ClN2O7S/c1-5-39-28-22(7-6-8-24(28)38-4)27-26(30(36)40-16-15-37-3)18(2)33-31-34(27)29(35)25(42-31)17-21-13-14-23(41-21)19-9-11-20(32)12-10-19/h6-14,17,27H,5,15-16H2,1-4H3/b25-17+/t27-/m0/s1. The number of aromatic nitrogens is 1. The summed E-state index contributed by atoms with van der Waals surface area (Å²) in [6.07, 6.45) is 1.67. The number of rotatable bonds is 10. The first kappa shape index (κ1) is 29.4. The molecule has 0 unspecified atom stereocenters. The van der Waals surface area contributed by atoms with Crippen LogP contribution in [0.2, 0.25) is 5.02 Å². The summed E-state index contributed by atoms with van der Waals surface area (Å²) in [4.78, 5) is 32.6. The van der Waals surface area contributed by atoms with Crippen LogP contribution in [0.1, 0.15) is 31.2 Å². The van der Waals surface area contributed by atoms with Gasteiger partial charge in [0.25, 0.3) is 5.56 Å². The fourth-order valence-electron chi connectivity index (χ4n) is 4.71. The number of halogens is 1. The van der Waals surface area contributed by atoms with E-state index in [-0.39, 0.29) is 24.3 Å². The highest BCUT2D eigenvalue weighted by Gasteiger charge is 2.36. The Morgan fingerprint density at radius 1 is 1.12 bits per heavy atom. The van der Waals surface area contributed by atoms with Crippen LogP contribution in [-0.2, 0) is 14.3 Å². The minimum absolute atomic E-state index is 0.0497. The van der Waals surface area contributed by atoms with Gasteiger partial charge in [-0.2, -0.15) is 0 Å². The second-order valence-corrected chi connectivity index (χ2v) is 10.7. The number of hydrogen-bond acceptors (Lipinski definition) is 9. The van der Waals surface area contributed by atoms with Crippen LogP contribution in [-0.4, -0.2) is 44.6 Å². The van der Waals surface area contributed by atoms with Crippen molar-refractivity contribution in [1.29, 1.82) is 0 Å². The average molecular weight is 609 g/mol. The van der Waals surface area contributed by atoms with E-state index in [2.05, 4.69) is 4.99 Å². The largest absolute Gasteiger partial charge is 0.493 e. The third-order valence-electron chi connectivity index (χ3n) is 6.60. The van der Waals surface area contributed by atoms with E-state index in [1.807, 2.05) is 25.1 Å². The third kappa shape index (κ3) is 5.78. The molecule has 0 fully saturated rings. The van der Waals surface area contributed by atoms with Gasteiger partial charge in [-0.15, -0.1) is 0 Å². The van der Waals surface area contributed by atoms with E-state index in [1.165, 1.54) is 30.1 Å². The minimum Gasteiger partial charge on any atom is -0.493 e. The molecule has 4 aromatic rings. The van der Waals surface area contributed by atoms with Crippen LogP contribution in [0.25, 0.3) is 17.4 Å². The van der Waals surface area contributed by atoms with Crippen molar-refractivity contribution in [2.45, 2.75) is 19.9 Å². The zero-order valence-corrected chi connectivity index (χ0v) is 25.1. The van der Waals surface area contributed by atoms with Crippen molar-refractivity contribution >= 4 is 35.0 Å². The monoisotopic (exact) mass is 608 g/mol. The van der Waals surface area contributed by atoms with E-state index in [1.54, 1.807) is 49.4 Å². The van der Waals surface area contributed by atoms with Crippen molar-refractivity contribution < 1.29 is 28.2 Å². The Hall–Kier alpha value is -4.12. The highest BCUT2D eigenvalue weighted by molar-refractivity contribution is 7.07. The maximum absolute atomic E-state index is 14.0. The average Bonchev–Trinajstić information content (AvgIpc) is 3.57. The molecule has 0 saturated heterocycles. The van der Waals surface area contributed by atoms with Crippen molar-refractivity contribution in [2.24, 2.45) is 4.99 Å². The molecule has 0 saturated carbocycles. The van der Waals surface area contributed by atoms with Gasteiger partial charge in [0.1, 0.15) is 24.2 Å². The Bertz CT molecular complexity index is 1820. The number of fused-ring (bicyclic) bond motifs is 1. The predicted molar refractivity (Wildman–Crippen MR) is 160 cm³/mol. The lowest BCUT2D eigenvalue weighted by molar-refractivity contribution is -0.140. The summed E-state index contributed by atoms with van der Waals surface area (Å²) in [5.41, 5.74) is 1.74. The fourth-order valence-corrected chi connectivity index (χ4v) is 5.86. The number of esters is 1. The molecule has 9 nitrogen and oxygen atoms in total. The molecule has 11 heteroatoms. The Labute approximate surface area is 250 Å². The van der Waals surface area contributed by atoms with E-state index in [0.717, 1.165) is 5.56 Å². The molecule has 218 valence electrons. The lowest BCUT2D eigenvalue weighted by atomic mass is 9.94. The number of para-hydroxylation sites is 1. The number of methoxy groups -OCH3 is 2. The first-order valence-electron chi connectivity index (χ1n) is 13.2. The van der Waals surface area contributed by atoms with E-state index < -0.39 is 12.0 Å². The minimum atomic E-state index is -0.878. The Kier molecular flexibility index (Phi) is 8.96. The van der Waals surface area contributed by atoms with Crippen molar-refractivity contribution in [3.63, 3.8) is 0 Å². The number of hydrogen-bond donors (Lipinski definition) is 0. The zero-order valence-electron chi connectivity index (χ0n) is 23.5.